The predicted molar refractivity (Wildman–Crippen MR) is 74.2 cm³/mol. The lowest BCUT2D eigenvalue weighted by Gasteiger charge is -2.15. The number of nitro groups is 1. The maximum atomic E-state index is 10.6. The normalized spacial score (nSPS) is 12.4. The molecule has 0 radical (unpaired) electrons. The van der Waals surface area contributed by atoms with Gasteiger partial charge in [-0.3, -0.25) is 10.1 Å². The molecule has 0 saturated heterocycles. The summed E-state index contributed by atoms with van der Waals surface area (Å²) in [7, 11) is 1.96. The van der Waals surface area contributed by atoms with Crippen molar-refractivity contribution in [1.82, 2.24) is 5.32 Å². The minimum Gasteiger partial charge on any atom is -0.317 e. The summed E-state index contributed by atoms with van der Waals surface area (Å²) in [6.45, 7) is 2.16. The molecule has 1 atom stereocenters. The maximum Gasteiger partial charge on any atom is 0.270 e. The first-order valence-electron chi connectivity index (χ1n) is 6.18. The fourth-order valence-corrected chi connectivity index (χ4v) is 2.23. The Kier molecular flexibility index (Phi) is 6.09. The van der Waals surface area contributed by atoms with Crippen LogP contribution in [-0.4, -0.2) is 18.0 Å². The number of aryl methyl sites for hydroxylation is 1. The molecule has 0 aliphatic heterocycles. The van der Waals surface area contributed by atoms with Crippen LogP contribution in [-0.2, 0) is 6.42 Å². The average molecular weight is 271 g/mol. The van der Waals surface area contributed by atoms with E-state index in [0.717, 1.165) is 31.2 Å². The van der Waals surface area contributed by atoms with E-state index in [1.165, 1.54) is 12.1 Å². The Labute approximate surface area is 112 Å². The van der Waals surface area contributed by atoms with E-state index >= 15 is 0 Å². The zero-order valence-corrected chi connectivity index (χ0v) is 11.5. The van der Waals surface area contributed by atoms with Crippen LogP contribution in [0.15, 0.2) is 18.2 Å². The summed E-state index contributed by atoms with van der Waals surface area (Å²) >= 11 is 6.05. The van der Waals surface area contributed by atoms with E-state index in [2.05, 4.69) is 12.2 Å². The SMILES string of the molecule is CCCC(CCc1ccc([N+](=O)[O-])cc1Cl)NC. The molecule has 0 fully saturated rings. The minimum absolute atomic E-state index is 0.0440. The van der Waals surface area contributed by atoms with Crippen LogP contribution in [0.25, 0.3) is 0 Å². The molecule has 100 valence electrons. The summed E-state index contributed by atoms with van der Waals surface area (Å²) in [6, 6.07) is 5.15. The van der Waals surface area contributed by atoms with Gasteiger partial charge in [0.1, 0.15) is 0 Å². The second-order valence-electron chi connectivity index (χ2n) is 4.35. The molecule has 0 bridgehead atoms. The molecule has 0 aliphatic carbocycles. The summed E-state index contributed by atoms with van der Waals surface area (Å²) in [6.07, 6.45) is 4.09. The second-order valence-corrected chi connectivity index (χ2v) is 4.75. The quantitative estimate of drug-likeness (QED) is 0.609. The first-order valence-corrected chi connectivity index (χ1v) is 6.56. The molecule has 0 saturated carbocycles. The van der Waals surface area contributed by atoms with E-state index in [1.807, 2.05) is 7.05 Å². The van der Waals surface area contributed by atoms with Crippen molar-refractivity contribution in [3.05, 3.63) is 38.9 Å². The number of hydrogen-bond donors (Lipinski definition) is 1. The van der Waals surface area contributed by atoms with Gasteiger partial charge in [0, 0.05) is 18.2 Å². The standard InChI is InChI=1S/C13H19ClN2O2/c1-3-4-11(15-2)7-5-10-6-8-12(16(17)18)9-13(10)14/h6,8-9,11,15H,3-5,7H2,1-2H3. The lowest BCUT2D eigenvalue weighted by Crippen LogP contribution is -2.25. The van der Waals surface area contributed by atoms with E-state index < -0.39 is 4.92 Å². The van der Waals surface area contributed by atoms with Crippen molar-refractivity contribution in [2.24, 2.45) is 0 Å². The molecule has 0 spiro atoms. The predicted octanol–water partition coefficient (Wildman–Crippen LogP) is 3.57. The smallest absolute Gasteiger partial charge is 0.270 e. The van der Waals surface area contributed by atoms with Crippen molar-refractivity contribution < 1.29 is 4.92 Å². The van der Waals surface area contributed by atoms with Gasteiger partial charge in [0.05, 0.1) is 9.95 Å². The fraction of sp³-hybridized carbons (Fsp3) is 0.538. The third-order valence-electron chi connectivity index (χ3n) is 3.05. The number of non-ortho nitro benzene ring substituents is 1. The van der Waals surface area contributed by atoms with Gasteiger partial charge in [0.2, 0.25) is 0 Å². The lowest BCUT2D eigenvalue weighted by atomic mass is 10.0. The maximum absolute atomic E-state index is 10.6. The third-order valence-corrected chi connectivity index (χ3v) is 3.41. The van der Waals surface area contributed by atoms with Crippen LogP contribution in [0.5, 0.6) is 0 Å². The Bertz CT molecular complexity index is 410. The molecule has 5 heteroatoms. The Morgan fingerprint density at radius 1 is 1.44 bits per heavy atom. The zero-order chi connectivity index (χ0) is 13.5. The number of nitro benzene ring substituents is 1. The van der Waals surface area contributed by atoms with Crippen LogP contribution < -0.4 is 5.32 Å². The number of hydrogen-bond acceptors (Lipinski definition) is 3. The molecule has 4 nitrogen and oxygen atoms in total. The van der Waals surface area contributed by atoms with Crippen molar-refractivity contribution in [2.45, 2.75) is 38.6 Å². The molecule has 1 unspecified atom stereocenters. The average Bonchev–Trinajstić information content (AvgIpc) is 2.35. The summed E-state index contributed by atoms with van der Waals surface area (Å²) in [4.78, 5) is 10.2. The summed E-state index contributed by atoms with van der Waals surface area (Å²) in [5, 5.41) is 14.4. The second kappa shape index (κ2) is 7.34. The Morgan fingerprint density at radius 2 is 2.17 bits per heavy atom. The minimum atomic E-state index is -0.427. The van der Waals surface area contributed by atoms with Crippen molar-refractivity contribution in [3.8, 4) is 0 Å². The topological polar surface area (TPSA) is 55.2 Å². The van der Waals surface area contributed by atoms with E-state index in [0.29, 0.717) is 11.1 Å². The monoisotopic (exact) mass is 270 g/mol. The van der Waals surface area contributed by atoms with Gasteiger partial charge in [0.25, 0.3) is 5.69 Å². The van der Waals surface area contributed by atoms with Gasteiger partial charge >= 0.3 is 0 Å². The number of halogens is 1. The van der Waals surface area contributed by atoms with Crippen LogP contribution in [0.1, 0.15) is 31.7 Å². The van der Waals surface area contributed by atoms with Gasteiger partial charge < -0.3 is 5.32 Å². The van der Waals surface area contributed by atoms with E-state index in [9.17, 15) is 10.1 Å². The summed E-state index contributed by atoms with van der Waals surface area (Å²) in [5.74, 6) is 0. The van der Waals surface area contributed by atoms with E-state index in [4.69, 9.17) is 11.6 Å². The van der Waals surface area contributed by atoms with Crippen LogP contribution in [0.4, 0.5) is 5.69 Å². The van der Waals surface area contributed by atoms with E-state index in [-0.39, 0.29) is 5.69 Å². The third kappa shape index (κ3) is 4.27. The van der Waals surface area contributed by atoms with Gasteiger partial charge in [0.15, 0.2) is 0 Å². The van der Waals surface area contributed by atoms with Crippen LogP contribution in [0, 0.1) is 10.1 Å². The molecule has 18 heavy (non-hydrogen) atoms. The van der Waals surface area contributed by atoms with Crippen LogP contribution in [0.3, 0.4) is 0 Å². The molecule has 0 heterocycles. The molecule has 0 amide bonds. The Hall–Kier alpha value is -1.13. The molecule has 1 aromatic carbocycles. The van der Waals surface area contributed by atoms with Crippen molar-refractivity contribution in [3.63, 3.8) is 0 Å². The fourth-order valence-electron chi connectivity index (χ4n) is 1.96. The molecule has 0 aromatic heterocycles. The molecule has 0 aliphatic rings. The van der Waals surface area contributed by atoms with Gasteiger partial charge in [-0.15, -0.1) is 0 Å². The van der Waals surface area contributed by atoms with Gasteiger partial charge in [-0.25, -0.2) is 0 Å². The number of rotatable bonds is 7. The Balaban J connectivity index is 2.65. The van der Waals surface area contributed by atoms with Gasteiger partial charge in [-0.2, -0.15) is 0 Å². The van der Waals surface area contributed by atoms with Crippen molar-refractivity contribution >= 4 is 17.3 Å². The van der Waals surface area contributed by atoms with E-state index in [1.54, 1.807) is 6.07 Å². The van der Waals surface area contributed by atoms with Crippen molar-refractivity contribution in [1.29, 1.82) is 0 Å². The zero-order valence-electron chi connectivity index (χ0n) is 10.8. The highest BCUT2D eigenvalue weighted by Gasteiger charge is 2.11. The van der Waals surface area contributed by atoms with Gasteiger partial charge in [-0.05, 0) is 31.9 Å². The molecule has 1 N–H and O–H groups in total. The van der Waals surface area contributed by atoms with Gasteiger partial charge in [-0.1, -0.05) is 31.0 Å². The summed E-state index contributed by atoms with van der Waals surface area (Å²) in [5.41, 5.74) is 1.01. The first-order chi connectivity index (χ1) is 8.58. The molecular weight excluding hydrogens is 252 g/mol. The van der Waals surface area contributed by atoms with Crippen LogP contribution in [0.2, 0.25) is 5.02 Å². The van der Waals surface area contributed by atoms with Crippen LogP contribution >= 0.6 is 11.6 Å². The summed E-state index contributed by atoms with van der Waals surface area (Å²) < 4.78 is 0. The Morgan fingerprint density at radius 3 is 2.67 bits per heavy atom. The first kappa shape index (κ1) is 14.9. The largest absolute Gasteiger partial charge is 0.317 e. The number of nitrogens with zero attached hydrogens (tertiary/aromatic N) is 1. The highest BCUT2D eigenvalue weighted by atomic mass is 35.5. The lowest BCUT2D eigenvalue weighted by molar-refractivity contribution is -0.384. The highest BCUT2D eigenvalue weighted by Crippen LogP contribution is 2.24. The molecule has 1 rings (SSSR count). The molecular formula is C13H19ClN2O2. The number of nitrogens with one attached hydrogen (secondary N) is 1. The highest BCUT2D eigenvalue weighted by molar-refractivity contribution is 6.31. The van der Waals surface area contributed by atoms with Crippen molar-refractivity contribution in [2.75, 3.05) is 7.05 Å². The molecule has 1 aromatic rings. The number of benzene rings is 1.